The molecule has 11 heteroatoms. The maximum atomic E-state index is 13.8. The number of aromatic nitrogens is 1. The summed E-state index contributed by atoms with van der Waals surface area (Å²) in [4.78, 5) is 48.0. The molecule has 1 saturated heterocycles. The van der Waals surface area contributed by atoms with Crippen molar-refractivity contribution < 1.29 is 36.3 Å². The number of ether oxygens (including phenoxy) is 2. The average Bonchev–Trinajstić information content (AvgIpc) is 3.58. The number of carbonyl (C=O) groups excluding carboxylic acids is 3. The Kier molecular flexibility index (Phi) is 7.77. The van der Waals surface area contributed by atoms with Crippen molar-refractivity contribution in [3.8, 4) is 11.5 Å². The molecule has 0 spiro atoms. The smallest absolute Gasteiger partial charge is 0.260 e. The maximum Gasteiger partial charge on any atom is 0.260 e. The van der Waals surface area contributed by atoms with Gasteiger partial charge in [0.2, 0.25) is 18.6 Å². The molecule has 0 atom stereocenters. The number of hydrogen-bond acceptors (Lipinski definition) is 8. The lowest BCUT2D eigenvalue weighted by molar-refractivity contribution is -0.121. The minimum absolute atomic E-state index is 0. The molecule has 1 fully saturated rings. The third-order valence-electron chi connectivity index (χ3n) is 6.28. The number of rotatable bonds is 8. The Morgan fingerprint density at radius 2 is 1.72 bits per heavy atom. The number of carbonyl (C=O) groups is 3. The Hall–Kier alpha value is -3.21. The number of benzene rings is 2. The number of imide groups is 1. The Morgan fingerprint density at radius 1 is 1.03 bits per heavy atom. The van der Waals surface area contributed by atoms with Gasteiger partial charge in [0.05, 0.1) is 15.9 Å². The quantitative estimate of drug-likeness (QED) is 0.396. The van der Waals surface area contributed by atoms with E-state index in [-0.39, 0.29) is 49.8 Å². The number of fused-ring (bicyclic) bond motifs is 2. The van der Waals surface area contributed by atoms with Crippen LogP contribution in [0.1, 0.15) is 37.0 Å². The van der Waals surface area contributed by atoms with Crippen molar-refractivity contribution >= 4 is 50.1 Å². The van der Waals surface area contributed by atoms with E-state index in [1.807, 2.05) is 12.1 Å². The molecule has 190 valence electrons. The highest BCUT2D eigenvalue weighted by Crippen LogP contribution is 2.40. The molecule has 9 nitrogen and oxygen atoms in total. The van der Waals surface area contributed by atoms with Gasteiger partial charge in [-0.05, 0) is 31.3 Å². The summed E-state index contributed by atoms with van der Waals surface area (Å²) >= 11 is 1.41. The van der Waals surface area contributed by atoms with E-state index < -0.39 is 0 Å². The van der Waals surface area contributed by atoms with Crippen molar-refractivity contribution in [2.45, 2.75) is 26.7 Å². The number of thiazole rings is 1. The summed E-state index contributed by atoms with van der Waals surface area (Å²) in [5, 5.41) is 0.569. The fraction of sp³-hybridized carbons (Fsp3) is 0.360. The van der Waals surface area contributed by atoms with Gasteiger partial charge in [-0.15, -0.1) is 0 Å². The van der Waals surface area contributed by atoms with Crippen LogP contribution in [-0.2, 0) is 9.59 Å². The molecule has 5 rings (SSSR count). The topological polar surface area (TPSA) is 92.3 Å². The summed E-state index contributed by atoms with van der Waals surface area (Å²) in [6.07, 6.45) is 0.381. The fourth-order valence-electron chi connectivity index (χ4n) is 4.29. The first-order chi connectivity index (χ1) is 17.0. The summed E-state index contributed by atoms with van der Waals surface area (Å²) in [5.41, 5.74) is 1.54. The Bertz CT molecular complexity index is 1250. The summed E-state index contributed by atoms with van der Waals surface area (Å²) in [6, 6.07) is 10.4. The maximum absolute atomic E-state index is 13.8. The number of halogens is 1. The molecule has 3 aromatic rings. The lowest BCUT2D eigenvalue weighted by atomic mass is 10.1. The first kappa shape index (κ1) is 25.9. The molecule has 1 aromatic heterocycles. The summed E-state index contributed by atoms with van der Waals surface area (Å²) in [5.74, 6) is 0.574. The molecular weight excluding hydrogens is 504 g/mol. The zero-order chi connectivity index (χ0) is 24.5. The normalized spacial score (nSPS) is 14.6. The van der Waals surface area contributed by atoms with Gasteiger partial charge in [-0.1, -0.05) is 31.3 Å². The number of nitrogens with zero attached hydrogens (tertiary/aromatic N) is 4. The van der Waals surface area contributed by atoms with Gasteiger partial charge < -0.3 is 26.8 Å². The van der Waals surface area contributed by atoms with Crippen LogP contribution in [0.25, 0.3) is 10.2 Å². The Morgan fingerprint density at radius 3 is 2.42 bits per heavy atom. The number of likely N-dealkylation sites (N-methyl/N-ethyl adjacent to an activating group) is 1. The van der Waals surface area contributed by atoms with Gasteiger partial charge >= 0.3 is 0 Å². The minimum atomic E-state index is -0.248. The second kappa shape index (κ2) is 10.8. The van der Waals surface area contributed by atoms with Crippen molar-refractivity contribution in [2.75, 3.05) is 42.8 Å². The van der Waals surface area contributed by atoms with E-state index >= 15 is 0 Å². The van der Waals surface area contributed by atoms with Crippen LogP contribution in [0.4, 0.5) is 10.8 Å². The zero-order valence-corrected chi connectivity index (χ0v) is 21.6. The summed E-state index contributed by atoms with van der Waals surface area (Å²) in [6.45, 7) is 7.22. The highest BCUT2D eigenvalue weighted by molar-refractivity contribution is 7.22. The molecule has 3 amide bonds. The predicted octanol–water partition coefficient (Wildman–Crippen LogP) is 0.671. The van der Waals surface area contributed by atoms with Gasteiger partial charge in [-0.3, -0.25) is 24.2 Å². The van der Waals surface area contributed by atoms with Gasteiger partial charge in [0.15, 0.2) is 16.6 Å². The van der Waals surface area contributed by atoms with Crippen molar-refractivity contribution in [1.29, 1.82) is 0 Å². The number of anilines is 2. The fourth-order valence-corrected chi connectivity index (χ4v) is 5.29. The monoisotopic (exact) mass is 529 g/mol. The third kappa shape index (κ3) is 4.88. The van der Waals surface area contributed by atoms with E-state index in [2.05, 4.69) is 18.7 Å². The Labute approximate surface area is 219 Å². The van der Waals surface area contributed by atoms with Crippen LogP contribution in [0, 0.1) is 0 Å². The zero-order valence-electron chi connectivity index (χ0n) is 20.0. The second-order valence-corrected chi connectivity index (χ2v) is 9.34. The standard InChI is InChI=1S/C25H26N4O5S.ClH/c1-3-27(4-2)10-11-28(25-26-18-13-19-20(34-15-33-19)14-21(18)35-25)24(32)16-6-5-7-17(12-16)29-22(30)8-9-23(29)31;/h5-7,12-14H,3-4,8-11,15H2,1-2H3;1H/p-1. The van der Waals surface area contributed by atoms with Crippen LogP contribution in [0.15, 0.2) is 36.4 Å². The van der Waals surface area contributed by atoms with Crippen molar-refractivity contribution in [2.24, 2.45) is 0 Å². The van der Waals surface area contributed by atoms with Crippen LogP contribution in [0.2, 0.25) is 0 Å². The molecule has 36 heavy (non-hydrogen) atoms. The molecular formula is C25H26ClN4O5S-. The van der Waals surface area contributed by atoms with Gasteiger partial charge in [-0.2, -0.15) is 0 Å². The minimum Gasteiger partial charge on any atom is -1.00 e. The highest BCUT2D eigenvalue weighted by Gasteiger charge is 2.31. The van der Waals surface area contributed by atoms with Crippen LogP contribution in [-0.4, -0.2) is 60.6 Å². The molecule has 2 aliphatic heterocycles. The van der Waals surface area contributed by atoms with Gasteiger partial charge in [0.1, 0.15) is 0 Å². The molecule has 0 bridgehead atoms. The van der Waals surface area contributed by atoms with Crippen molar-refractivity contribution in [3.05, 3.63) is 42.0 Å². The third-order valence-corrected chi connectivity index (χ3v) is 7.33. The molecule has 3 heterocycles. The van der Waals surface area contributed by atoms with E-state index in [1.165, 1.54) is 11.3 Å². The second-order valence-electron chi connectivity index (χ2n) is 8.33. The predicted molar refractivity (Wildman–Crippen MR) is 133 cm³/mol. The van der Waals surface area contributed by atoms with E-state index in [1.54, 1.807) is 29.2 Å². The number of hydrogen-bond donors (Lipinski definition) is 0. The lowest BCUT2D eigenvalue weighted by Gasteiger charge is -2.25. The largest absolute Gasteiger partial charge is 1.00 e. The van der Waals surface area contributed by atoms with Gasteiger partial charge in [0, 0.05) is 43.6 Å². The van der Waals surface area contributed by atoms with Crippen LogP contribution < -0.4 is 31.7 Å². The molecule has 0 saturated carbocycles. The van der Waals surface area contributed by atoms with Crippen LogP contribution >= 0.6 is 11.3 Å². The first-order valence-electron chi connectivity index (χ1n) is 11.7. The molecule has 0 radical (unpaired) electrons. The van der Waals surface area contributed by atoms with E-state index in [4.69, 9.17) is 14.5 Å². The van der Waals surface area contributed by atoms with Crippen LogP contribution in [0.3, 0.4) is 0 Å². The van der Waals surface area contributed by atoms with Crippen LogP contribution in [0.5, 0.6) is 11.5 Å². The number of amides is 3. The highest BCUT2D eigenvalue weighted by atomic mass is 35.5. The summed E-state index contributed by atoms with van der Waals surface area (Å²) in [7, 11) is 0. The molecule has 0 unspecified atom stereocenters. The Balaban J connectivity index is 0.00000304. The van der Waals surface area contributed by atoms with Crippen molar-refractivity contribution in [3.63, 3.8) is 0 Å². The molecule has 0 N–H and O–H groups in total. The first-order valence-corrected chi connectivity index (χ1v) is 12.5. The van der Waals surface area contributed by atoms with E-state index in [0.717, 1.165) is 28.2 Å². The molecule has 2 aromatic carbocycles. The lowest BCUT2D eigenvalue weighted by Crippen LogP contribution is -3.00. The van der Waals surface area contributed by atoms with Crippen molar-refractivity contribution in [1.82, 2.24) is 9.88 Å². The molecule has 0 aliphatic carbocycles. The average molecular weight is 530 g/mol. The van der Waals surface area contributed by atoms with Gasteiger partial charge in [0.25, 0.3) is 5.91 Å². The SMILES string of the molecule is CCN(CC)CCN(C(=O)c1cccc(N2C(=O)CCC2=O)c1)c1nc2cc3c(cc2s1)OCO3.[Cl-]. The summed E-state index contributed by atoms with van der Waals surface area (Å²) < 4.78 is 11.9. The van der Waals surface area contributed by atoms with E-state index in [9.17, 15) is 14.4 Å². The van der Waals surface area contributed by atoms with Gasteiger partial charge in [-0.25, -0.2) is 4.98 Å². The van der Waals surface area contributed by atoms with E-state index in [0.29, 0.717) is 41.0 Å². The molecule has 2 aliphatic rings.